The second-order valence-electron chi connectivity index (χ2n) is 6.49. The van der Waals surface area contributed by atoms with Crippen molar-refractivity contribution in [3.8, 4) is 0 Å². The maximum Gasteiger partial charge on any atom is 0.125 e. The van der Waals surface area contributed by atoms with Crippen LogP contribution < -0.4 is 22.9 Å². The molecule has 2 rings (SSSR count). The first-order valence-electron chi connectivity index (χ1n) is 9.79. The van der Waals surface area contributed by atoms with Gasteiger partial charge in [0.15, 0.2) is 0 Å². The number of nitrogens with zero attached hydrogens (tertiary/aromatic N) is 2. The van der Waals surface area contributed by atoms with E-state index in [9.17, 15) is 0 Å². The molecule has 0 spiro atoms. The zero-order valence-corrected chi connectivity index (χ0v) is 17.1. The van der Waals surface area contributed by atoms with Crippen LogP contribution in [-0.4, -0.2) is 24.8 Å². The van der Waals surface area contributed by atoms with Gasteiger partial charge in [-0.05, 0) is 61.4 Å². The van der Waals surface area contributed by atoms with Gasteiger partial charge < -0.3 is 22.9 Å². The SMILES string of the molecule is CCCCN=C(N)c1ccc(N)cc1.CCCCN=C(N)c1ccc(N)cc1. The zero-order chi connectivity index (χ0) is 20.8. The number of rotatable bonds is 8. The summed E-state index contributed by atoms with van der Waals surface area (Å²) >= 11 is 0. The molecule has 152 valence electrons. The molecule has 0 unspecified atom stereocenters. The summed E-state index contributed by atoms with van der Waals surface area (Å²) in [6, 6.07) is 14.9. The fraction of sp³-hybridized carbons (Fsp3) is 0.364. The minimum Gasteiger partial charge on any atom is -0.399 e. The standard InChI is InChI=1S/2C11H17N3/c2*1-2-3-8-14-11(13)9-4-6-10(12)7-5-9/h2*4-7H,2-3,8,12H2,1H3,(H2,13,14). The summed E-state index contributed by atoms with van der Waals surface area (Å²) in [6.45, 7) is 5.86. The molecule has 0 aliphatic heterocycles. The van der Waals surface area contributed by atoms with Crippen LogP contribution >= 0.6 is 0 Å². The average molecular weight is 383 g/mol. The molecule has 0 atom stereocenters. The van der Waals surface area contributed by atoms with Crippen LogP contribution in [0.1, 0.15) is 50.7 Å². The molecule has 8 N–H and O–H groups in total. The largest absolute Gasteiger partial charge is 0.399 e. The van der Waals surface area contributed by atoms with Crippen LogP contribution in [0.2, 0.25) is 0 Å². The third kappa shape index (κ3) is 9.07. The summed E-state index contributed by atoms with van der Waals surface area (Å²) in [5.74, 6) is 1.19. The van der Waals surface area contributed by atoms with E-state index >= 15 is 0 Å². The predicted molar refractivity (Wildman–Crippen MR) is 123 cm³/mol. The van der Waals surface area contributed by atoms with Gasteiger partial charge in [-0.25, -0.2) is 0 Å². The second-order valence-corrected chi connectivity index (χ2v) is 6.49. The van der Waals surface area contributed by atoms with Gasteiger partial charge in [0, 0.05) is 35.6 Å². The lowest BCUT2D eigenvalue weighted by atomic mass is 10.2. The van der Waals surface area contributed by atoms with Crippen LogP contribution in [-0.2, 0) is 0 Å². The van der Waals surface area contributed by atoms with E-state index in [-0.39, 0.29) is 0 Å². The van der Waals surface area contributed by atoms with E-state index in [4.69, 9.17) is 22.9 Å². The maximum atomic E-state index is 5.80. The third-order valence-corrected chi connectivity index (χ3v) is 4.00. The first kappa shape index (κ1) is 23.0. The lowest BCUT2D eigenvalue weighted by molar-refractivity contribution is 0.807. The number of nitrogens with two attached hydrogens (primary N) is 4. The van der Waals surface area contributed by atoms with Crippen molar-refractivity contribution in [2.45, 2.75) is 39.5 Å². The number of amidine groups is 2. The first-order chi connectivity index (χ1) is 13.5. The average Bonchev–Trinajstić information content (AvgIpc) is 2.70. The number of unbranched alkanes of at least 4 members (excludes halogenated alkanes) is 2. The van der Waals surface area contributed by atoms with Crippen molar-refractivity contribution >= 4 is 23.0 Å². The second kappa shape index (κ2) is 13.2. The number of nitrogen functional groups attached to an aromatic ring is 2. The quantitative estimate of drug-likeness (QED) is 0.241. The normalized spacial score (nSPS) is 11.6. The molecule has 2 aromatic carbocycles. The molecule has 0 saturated carbocycles. The van der Waals surface area contributed by atoms with Crippen molar-refractivity contribution in [3.05, 3.63) is 59.7 Å². The predicted octanol–water partition coefficient (Wildman–Crippen LogP) is 3.55. The highest BCUT2D eigenvalue weighted by atomic mass is 14.8. The van der Waals surface area contributed by atoms with Crippen LogP contribution in [0.25, 0.3) is 0 Å². The van der Waals surface area contributed by atoms with Crippen LogP contribution in [0.15, 0.2) is 58.5 Å². The molecular weight excluding hydrogens is 348 g/mol. The van der Waals surface area contributed by atoms with Crippen molar-refractivity contribution in [2.75, 3.05) is 24.6 Å². The monoisotopic (exact) mass is 382 g/mol. The van der Waals surface area contributed by atoms with E-state index in [2.05, 4.69) is 23.8 Å². The van der Waals surface area contributed by atoms with Gasteiger partial charge in [0.25, 0.3) is 0 Å². The molecule has 0 aliphatic rings. The highest BCUT2D eigenvalue weighted by molar-refractivity contribution is 5.98. The minimum absolute atomic E-state index is 0.596. The van der Waals surface area contributed by atoms with Gasteiger partial charge in [0.2, 0.25) is 0 Å². The van der Waals surface area contributed by atoms with Gasteiger partial charge >= 0.3 is 0 Å². The number of hydrogen-bond donors (Lipinski definition) is 4. The Morgan fingerprint density at radius 1 is 0.643 bits per heavy atom. The molecule has 6 heteroatoms. The smallest absolute Gasteiger partial charge is 0.125 e. The Kier molecular flexibility index (Phi) is 10.8. The zero-order valence-electron chi connectivity index (χ0n) is 17.1. The molecular formula is C22H34N6. The molecule has 6 nitrogen and oxygen atoms in total. The third-order valence-electron chi connectivity index (χ3n) is 4.00. The molecule has 2 aromatic rings. The fourth-order valence-corrected chi connectivity index (χ4v) is 2.21. The molecule has 0 fully saturated rings. The van der Waals surface area contributed by atoms with Crippen molar-refractivity contribution in [2.24, 2.45) is 21.5 Å². The first-order valence-corrected chi connectivity index (χ1v) is 9.79. The molecule has 0 aliphatic carbocycles. The molecule has 0 bridgehead atoms. The topological polar surface area (TPSA) is 129 Å². The molecule has 0 saturated heterocycles. The highest BCUT2D eigenvalue weighted by Crippen LogP contribution is 2.06. The summed E-state index contributed by atoms with van der Waals surface area (Å²) in [5, 5.41) is 0. The van der Waals surface area contributed by atoms with Crippen LogP contribution in [0.3, 0.4) is 0 Å². The molecule has 0 aromatic heterocycles. The Hall–Kier alpha value is -3.02. The Labute approximate surface area is 168 Å². The Morgan fingerprint density at radius 3 is 1.25 bits per heavy atom. The van der Waals surface area contributed by atoms with E-state index in [0.717, 1.165) is 61.3 Å². The summed E-state index contributed by atoms with van der Waals surface area (Å²) in [7, 11) is 0. The van der Waals surface area contributed by atoms with Crippen molar-refractivity contribution in [1.82, 2.24) is 0 Å². The molecule has 0 heterocycles. The minimum atomic E-state index is 0.596. The van der Waals surface area contributed by atoms with E-state index in [0.29, 0.717) is 11.7 Å². The Bertz CT molecular complexity index is 667. The summed E-state index contributed by atoms with van der Waals surface area (Å²) in [5.41, 5.74) is 26.1. The van der Waals surface area contributed by atoms with Gasteiger partial charge in [-0.15, -0.1) is 0 Å². The number of hydrogen-bond acceptors (Lipinski definition) is 4. The molecule has 28 heavy (non-hydrogen) atoms. The lowest BCUT2D eigenvalue weighted by Gasteiger charge is -2.01. The van der Waals surface area contributed by atoms with Gasteiger partial charge in [-0.2, -0.15) is 0 Å². The molecule has 0 amide bonds. The summed E-state index contributed by atoms with van der Waals surface area (Å²) in [6.07, 6.45) is 4.43. The van der Waals surface area contributed by atoms with Crippen LogP contribution in [0.4, 0.5) is 11.4 Å². The van der Waals surface area contributed by atoms with Gasteiger partial charge in [0.1, 0.15) is 11.7 Å². The molecule has 0 radical (unpaired) electrons. The van der Waals surface area contributed by atoms with E-state index in [1.54, 1.807) is 0 Å². The van der Waals surface area contributed by atoms with E-state index < -0.39 is 0 Å². The van der Waals surface area contributed by atoms with Crippen LogP contribution in [0.5, 0.6) is 0 Å². The fourth-order valence-electron chi connectivity index (χ4n) is 2.21. The number of aliphatic imine (C=N–C) groups is 2. The van der Waals surface area contributed by atoms with Crippen molar-refractivity contribution in [3.63, 3.8) is 0 Å². The van der Waals surface area contributed by atoms with E-state index in [1.807, 2.05) is 48.5 Å². The van der Waals surface area contributed by atoms with Gasteiger partial charge in [-0.1, -0.05) is 26.7 Å². The van der Waals surface area contributed by atoms with Crippen molar-refractivity contribution in [1.29, 1.82) is 0 Å². The van der Waals surface area contributed by atoms with Gasteiger partial charge in [0.05, 0.1) is 0 Å². The highest BCUT2D eigenvalue weighted by Gasteiger charge is 1.97. The summed E-state index contributed by atoms with van der Waals surface area (Å²) in [4.78, 5) is 8.53. The van der Waals surface area contributed by atoms with Gasteiger partial charge in [-0.3, -0.25) is 9.98 Å². The number of anilines is 2. The maximum absolute atomic E-state index is 5.80. The summed E-state index contributed by atoms with van der Waals surface area (Å²) < 4.78 is 0. The Balaban J connectivity index is 0.000000280. The Morgan fingerprint density at radius 2 is 0.964 bits per heavy atom. The van der Waals surface area contributed by atoms with Crippen molar-refractivity contribution < 1.29 is 0 Å². The lowest BCUT2D eigenvalue weighted by Crippen LogP contribution is -2.13. The number of benzene rings is 2. The van der Waals surface area contributed by atoms with Crippen LogP contribution in [0, 0.1) is 0 Å². The van der Waals surface area contributed by atoms with E-state index in [1.165, 1.54) is 0 Å².